The molecular formula is C47H68F3NO4. The second-order valence-electron chi connectivity index (χ2n) is 17.1. The Bertz CT molecular complexity index is 1570. The zero-order valence-electron chi connectivity index (χ0n) is 35.0. The van der Waals surface area contributed by atoms with Gasteiger partial charge in [-0.1, -0.05) is 132 Å². The summed E-state index contributed by atoms with van der Waals surface area (Å²) < 4.78 is 54.2. The van der Waals surface area contributed by atoms with Crippen LogP contribution in [0.2, 0.25) is 0 Å². The molecule has 0 aliphatic heterocycles. The molecule has 0 aliphatic carbocycles. The molecule has 0 fully saturated rings. The summed E-state index contributed by atoms with van der Waals surface area (Å²) in [6.07, 6.45) is 9.79. The topological polar surface area (TPSA) is 71.3 Å². The van der Waals surface area contributed by atoms with Crippen LogP contribution in [0.15, 0.2) is 59.6 Å². The van der Waals surface area contributed by atoms with Crippen LogP contribution in [-0.2, 0) is 22.6 Å². The number of alkyl halides is 3. The maximum absolute atomic E-state index is 13.7. The maximum Gasteiger partial charge on any atom is 0.416 e. The Morgan fingerprint density at radius 1 is 0.618 bits per heavy atom. The second-order valence-corrected chi connectivity index (χ2v) is 17.1. The molecule has 0 saturated carbocycles. The minimum atomic E-state index is -4.60. The molecule has 0 spiro atoms. The van der Waals surface area contributed by atoms with E-state index in [2.05, 4.69) is 55.4 Å². The van der Waals surface area contributed by atoms with Crippen LogP contribution in [0, 0.1) is 0 Å². The summed E-state index contributed by atoms with van der Waals surface area (Å²) >= 11 is 0. The Labute approximate surface area is 329 Å². The van der Waals surface area contributed by atoms with Gasteiger partial charge < -0.3 is 19.7 Å². The first kappa shape index (κ1) is 45.9. The van der Waals surface area contributed by atoms with Crippen LogP contribution in [-0.4, -0.2) is 35.7 Å². The van der Waals surface area contributed by atoms with E-state index in [4.69, 9.17) is 14.5 Å². The average Bonchev–Trinajstić information content (AvgIpc) is 3.12. The summed E-state index contributed by atoms with van der Waals surface area (Å²) in [5, 5.41) is 24.2. The fraction of sp³-hybridized carbons (Fsp3) is 0.596. The highest BCUT2D eigenvalue weighted by Gasteiger charge is 2.44. The molecule has 0 radical (unpaired) electrons. The largest absolute Gasteiger partial charge is 0.507 e. The van der Waals surface area contributed by atoms with Crippen molar-refractivity contribution in [3.63, 3.8) is 0 Å². The van der Waals surface area contributed by atoms with E-state index in [1.165, 1.54) is 44.7 Å². The quantitative estimate of drug-likeness (QED) is 0.0836. The molecule has 306 valence electrons. The number of hydrogen-bond donors (Lipinski definition) is 2. The van der Waals surface area contributed by atoms with Crippen LogP contribution in [0.4, 0.5) is 13.2 Å². The van der Waals surface area contributed by atoms with Gasteiger partial charge in [0.1, 0.15) is 22.8 Å². The molecule has 0 bridgehead atoms. The number of phenols is 1. The number of rotatable bonds is 21. The Balaban J connectivity index is 2.25. The summed E-state index contributed by atoms with van der Waals surface area (Å²) in [6, 6.07) is 13.6. The standard InChI is InChI=1S/C47H68F3NO4/c1-10-12-14-16-18-20-28-54-42-26-23-36(44(4,5)6)31-39(42)46(53,34(3)51-33-35-30-38(47(48,49)50)22-25-41(35)52)40-32-37(45(7,8)9)24-27-43(40)55-29-21-19-17-15-13-11-2/h22-27,30-34,52-53H,10-21,28-29H2,1-9H3. The van der Waals surface area contributed by atoms with Crippen molar-refractivity contribution in [2.24, 2.45) is 4.99 Å². The molecule has 0 heterocycles. The number of aliphatic imine (C=N–C) groups is 1. The molecule has 3 aromatic rings. The van der Waals surface area contributed by atoms with Gasteiger partial charge in [-0.3, -0.25) is 4.99 Å². The van der Waals surface area contributed by atoms with Crippen molar-refractivity contribution >= 4 is 6.21 Å². The molecule has 3 rings (SSSR count). The third-order valence-corrected chi connectivity index (χ3v) is 10.4. The summed E-state index contributed by atoms with van der Waals surface area (Å²) in [5.41, 5.74) is -0.497. The van der Waals surface area contributed by atoms with Gasteiger partial charge in [-0.15, -0.1) is 0 Å². The molecule has 0 aliphatic rings. The molecule has 55 heavy (non-hydrogen) atoms. The molecule has 5 nitrogen and oxygen atoms in total. The van der Waals surface area contributed by atoms with Crippen molar-refractivity contribution in [1.29, 1.82) is 0 Å². The van der Waals surface area contributed by atoms with E-state index >= 15 is 0 Å². The number of aliphatic hydroxyl groups is 1. The lowest BCUT2D eigenvalue weighted by Gasteiger charge is -2.37. The van der Waals surface area contributed by atoms with Gasteiger partial charge in [-0.05, 0) is 84.2 Å². The summed E-state index contributed by atoms with van der Waals surface area (Å²) in [4.78, 5) is 4.73. The first-order valence-electron chi connectivity index (χ1n) is 20.5. The van der Waals surface area contributed by atoms with Crippen molar-refractivity contribution in [1.82, 2.24) is 0 Å². The van der Waals surface area contributed by atoms with Gasteiger partial charge in [0.25, 0.3) is 0 Å². The Kier molecular flexibility index (Phi) is 17.2. The van der Waals surface area contributed by atoms with Crippen LogP contribution in [0.3, 0.4) is 0 Å². The van der Waals surface area contributed by atoms with Crippen LogP contribution >= 0.6 is 0 Å². The van der Waals surface area contributed by atoms with Crippen molar-refractivity contribution in [2.45, 2.75) is 168 Å². The minimum absolute atomic E-state index is 0.102. The fourth-order valence-electron chi connectivity index (χ4n) is 6.70. The zero-order valence-corrected chi connectivity index (χ0v) is 35.0. The van der Waals surface area contributed by atoms with Gasteiger partial charge in [0.05, 0.1) is 24.8 Å². The second kappa shape index (κ2) is 20.6. The lowest BCUT2D eigenvalue weighted by atomic mass is 9.75. The predicted octanol–water partition coefficient (Wildman–Crippen LogP) is 13.2. The van der Waals surface area contributed by atoms with E-state index in [0.29, 0.717) is 35.8 Å². The highest BCUT2D eigenvalue weighted by atomic mass is 19.4. The van der Waals surface area contributed by atoms with Gasteiger partial charge in [0, 0.05) is 22.9 Å². The molecule has 1 unspecified atom stereocenters. The molecule has 0 amide bonds. The molecule has 0 saturated heterocycles. The Morgan fingerprint density at radius 2 is 1.04 bits per heavy atom. The smallest absolute Gasteiger partial charge is 0.416 e. The number of benzene rings is 3. The van der Waals surface area contributed by atoms with Crippen LogP contribution < -0.4 is 9.47 Å². The van der Waals surface area contributed by atoms with Crippen molar-refractivity contribution in [3.05, 3.63) is 88.0 Å². The highest BCUT2D eigenvalue weighted by molar-refractivity contribution is 5.84. The number of unbranched alkanes of at least 4 members (excludes halogenated alkanes) is 10. The third-order valence-electron chi connectivity index (χ3n) is 10.4. The van der Waals surface area contributed by atoms with Crippen molar-refractivity contribution in [2.75, 3.05) is 13.2 Å². The Morgan fingerprint density at radius 3 is 1.45 bits per heavy atom. The lowest BCUT2D eigenvalue weighted by Crippen LogP contribution is -2.39. The third kappa shape index (κ3) is 13.3. The number of halogens is 3. The molecule has 8 heteroatoms. The fourth-order valence-corrected chi connectivity index (χ4v) is 6.70. The maximum atomic E-state index is 13.7. The van der Waals surface area contributed by atoms with E-state index in [-0.39, 0.29) is 22.1 Å². The van der Waals surface area contributed by atoms with E-state index in [1.54, 1.807) is 6.92 Å². The number of hydrogen-bond acceptors (Lipinski definition) is 5. The molecule has 1 atom stereocenters. The van der Waals surface area contributed by atoms with E-state index in [9.17, 15) is 23.4 Å². The first-order chi connectivity index (χ1) is 25.8. The van der Waals surface area contributed by atoms with Crippen LogP contribution in [0.1, 0.15) is 173 Å². The van der Waals surface area contributed by atoms with E-state index in [0.717, 1.165) is 67.9 Å². The van der Waals surface area contributed by atoms with Crippen LogP contribution in [0.25, 0.3) is 0 Å². The lowest BCUT2D eigenvalue weighted by molar-refractivity contribution is -0.137. The number of ether oxygens (including phenoxy) is 2. The van der Waals surface area contributed by atoms with Gasteiger partial charge in [0.15, 0.2) is 0 Å². The summed E-state index contributed by atoms with van der Waals surface area (Å²) in [5.74, 6) is 0.676. The van der Waals surface area contributed by atoms with Crippen LogP contribution in [0.5, 0.6) is 17.2 Å². The van der Waals surface area contributed by atoms with E-state index in [1.807, 2.05) is 36.4 Å². The van der Waals surface area contributed by atoms with Gasteiger partial charge >= 0.3 is 6.18 Å². The van der Waals surface area contributed by atoms with Crippen molar-refractivity contribution in [3.8, 4) is 17.2 Å². The minimum Gasteiger partial charge on any atom is -0.507 e. The first-order valence-corrected chi connectivity index (χ1v) is 20.5. The number of aromatic hydroxyl groups is 1. The zero-order chi connectivity index (χ0) is 40.9. The molecular weight excluding hydrogens is 700 g/mol. The van der Waals surface area contributed by atoms with Gasteiger partial charge in [0.2, 0.25) is 0 Å². The predicted molar refractivity (Wildman–Crippen MR) is 221 cm³/mol. The van der Waals surface area contributed by atoms with Gasteiger partial charge in [-0.2, -0.15) is 13.2 Å². The highest BCUT2D eigenvalue weighted by Crippen LogP contribution is 2.46. The number of nitrogens with zero attached hydrogens (tertiary/aromatic N) is 1. The molecule has 3 aromatic carbocycles. The summed E-state index contributed by atoms with van der Waals surface area (Å²) in [6.45, 7) is 19.7. The summed E-state index contributed by atoms with van der Waals surface area (Å²) in [7, 11) is 0. The number of phenolic OH excluding ortho intramolecular Hbond substituents is 1. The average molecular weight is 768 g/mol. The molecule has 2 N–H and O–H groups in total. The van der Waals surface area contributed by atoms with Crippen molar-refractivity contribution < 1.29 is 32.9 Å². The normalized spacial score (nSPS) is 13.4. The monoisotopic (exact) mass is 768 g/mol. The SMILES string of the molecule is CCCCCCCCOc1ccc(C(C)(C)C)cc1C(O)(c1cc(C(C)(C)C)ccc1OCCCCCCCC)C(C)N=Cc1cc(C(F)(F)F)ccc1O. The van der Waals surface area contributed by atoms with E-state index < -0.39 is 23.4 Å². The Hall–Kier alpha value is -3.52. The molecule has 0 aromatic heterocycles. The van der Waals surface area contributed by atoms with Gasteiger partial charge in [-0.25, -0.2) is 0 Å².